The van der Waals surface area contributed by atoms with Crippen molar-refractivity contribution in [1.29, 1.82) is 5.26 Å². The molecule has 2 saturated heterocycles. The highest BCUT2D eigenvalue weighted by atomic mass is 16.6. The minimum atomic E-state index is -0.520. The van der Waals surface area contributed by atoms with Gasteiger partial charge >= 0.3 is 6.09 Å². The van der Waals surface area contributed by atoms with Gasteiger partial charge in [0.15, 0.2) is 0 Å². The third-order valence-corrected chi connectivity index (χ3v) is 8.69. The molecule has 3 aromatic rings. The van der Waals surface area contributed by atoms with Crippen LogP contribution in [0.3, 0.4) is 0 Å². The third kappa shape index (κ3) is 5.29. The number of nitriles is 1. The number of hydrogen-bond donors (Lipinski definition) is 1. The van der Waals surface area contributed by atoms with Crippen LogP contribution in [0.15, 0.2) is 42.7 Å². The van der Waals surface area contributed by atoms with E-state index in [4.69, 9.17) is 9.72 Å². The van der Waals surface area contributed by atoms with E-state index >= 15 is 0 Å². The molecule has 1 N–H and O–H groups in total. The summed E-state index contributed by atoms with van der Waals surface area (Å²) in [5, 5.41) is 14.3. The molecule has 4 atom stereocenters. The molecule has 1 amide bonds. The summed E-state index contributed by atoms with van der Waals surface area (Å²) in [5.74, 6) is 0.861. The molecule has 5 heterocycles. The maximum Gasteiger partial charge on any atom is 0.410 e. The van der Waals surface area contributed by atoms with Gasteiger partial charge in [-0.05, 0) is 88.9 Å². The fourth-order valence-electron chi connectivity index (χ4n) is 6.80. The number of nitrogens with one attached hydrogen (secondary N) is 1. The molecule has 214 valence electrons. The molecular formula is C32H39N7O2. The number of pyridine rings is 2. The minimum absolute atomic E-state index is 0.0719. The molecule has 3 aliphatic heterocycles. The van der Waals surface area contributed by atoms with Crippen LogP contribution in [-0.2, 0) is 11.2 Å². The molecule has 0 spiro atoms. The van der Waals surface area contributed by atoms with Gasteiger partial charge in [-0.3, -0.25) is 9.88 Å². The molecule has 9 nitrogen and oxygen atoms in total. The summed E-state index contributed by atoms with van der Waals surface area (Å²) in [6, 6.07) is 13.4. The van der Waals surface area contributed by atoms with Crippen LogP contribution in [0.25, 0.3) is 10.9 Å². The van der Waals surface area contributed by atoms with Gasteiger partial charge in [0.25, 0.3) is 0 Å². The maximum atomic E-state index is 12.9. The van der Waals surface area contributed by atoms with E-state index in [9.17, 15) is 10.1 Å². The Morgan fingerprint density at radius 1 is 1.15 bits per heavy atom. The fourth-order valence-corrected chi connectivity index (χ4v) is 6.80. The average Bonchev–Trinajstić information content (AvgIpc) is 3.35. The number of carbonyl (C=O) groups excluding carboxylic acids is 1. The van der Waals surface area contributed by atoms with Gasteiger partial charge in [0.1, 0.15) is 17.5 Å². The van der Waals surface area contributed by atoms with E-state index in [0.717, 1.165) is 60.4 Å². The minimum Gasteiger partial charge on any atom is -0.444 e. The second-order valence-electron chi connectivity index (χ2n) is 12.7. The molecule has 9 heteroatoms. The number of rotatable bonds is 3. The summed E-state index contributed by atoms with van der Waals surface area (Å²) in [5.41, 5.74) is 4.34. The van der Waals surface area contributed by atoms with Crippen LogP contribution >= 0.6 is 0 Å². The van der Waals surface area contributed by atoms with Crippen LogP contribution in [-0.4, -0.2) is 75.8 Å². The molecule has 2 fully saturated rings. The van der Waals surface area contributed by atoms with Crippen molar-refractivity contribution in [2.45, 2.75) is 77.2 Å². The number of amides is 1. The number of hydrogen-bond acceptors (Lipinski definition) is 8. The topological polar surface area (TPSA) is 97.6 Å². The zero-order valence-electron chi connectivity index (χ0n) is 24.6. The van der Waals surface area contributed by atoms with Crippen molar-refractivity contribution in [1.82, 2.24) is 19.8 Å². The van der Waals surface area contributed by atoms with E-state index in [-0.39, 0.29) is 18.2 Å². The number of nitrogens with zero attached hydrogens (tertiary/aromatic N) is 6. The zero-order valence-corrected chi connectivity index (χ0v) is 24.6. The van der Waals surface area contributed by atoms with Crippen LogP contribution in [0.2, 0.25) is 0 Å². The number of fused-ring (bicyclic) bond motifs is 3. The molecular weight excluding hydrogens is 514 g/mol. The number of piperazine rings is 1. The smallest absolute Gasteiger partial charge is 0.410 e. The van der Waals surface area contributed by atoms with Crippen molar-refractivity contribution < 1.29 is 9.53 Å². The fraction of sp³-hybridized carbons (Fsp3) is 0.500. The van der Waals surface area contributed by atoms with Crippen molar-refractivity contribution in [2.24, 2.45) is 0 Å². The van der Waals surface area contributed by atoms with E-state index in [0.29, 0.717) is 24.2 Å². The van der Waals surface area contributed by atoms with Gasteiger partial charge in [-0.15, -0.1) is 0 Å². The highest BCUT2D eigenvalue weighted by molar-refractivity contribution is 5.95. The van der Waals surface area contributed by atoms with E-state index in [1.165, 1.54) is 5.56 Å². The van der Waals surface area contributed by atoms with Crippen LogP contribution in [0.4, 0.5) is 16.3 Å². The van der Waals surface area contributed by atoms with Crippen LogP contribution in [0, 0.1) is 11.3 Å². The Bertz CT molecular complexity index is 1510. The molecule has 0 radical (unpaired) electrons. The van der Waals surface area contributed by atoms with E-state index in [1.807, 2.05) is 44.0 Å². The average molecular weight is 554 g/mol. The Hall–Kier alpha value is -3.90. The Labute approximate surface area is 242 Å². The number of benzene rings is 1. The first-order chi connectivity index (χ1) is 19.6. The Morgan fingerprint density at radius 3 is 2.76 bits per heavy atom. The first kappa shape index (κ1) is 27.3. The van der Waals surface area contributed by atoms with E-state index < -0.39 is 5.60 Å². The Balaban J connectivity index is 1.16. The first-order valence-corrected chi connectivity index (χ1v) is 14.6. The van der Waals surface area contributed by atoms with Crippen molar-refractivity contribution in [3.8, 4) is 6.07 Å². The molecule has 2 aromatic heterocycles. The summed E-state index contributed by atoms with van der Waals surface area (Å²) in [6.07, 6.45) is 5.26. The third-order valence-electron chi connectivity index (χ3n) is 8.69. The lowest BCUT2D eigenvalue weighted by atomic mass is 9.95. The predicted octanol–water partition coefficient (Wildman–Crippen LogP) is 5.12. The van der Waals surface area contributed by atoms with Crippen molar-refractivity contribution in [2.75, 3.05) is 36.4 Å². The van der Waals surface area contributed by atoms with Gasteiger partial charge in [-0.25, -0.2) is 9.78 Å². The number of anilines is 2. The van der Waals surface area contributed by atoms with Gasteiger partial charge in [0.05, 0.1) is 17.1 Å². The first-order valence-electron chi connectivity index (χ1n) is 14.6. The largest absolute Gasteiger partial charge is 0.444 e. The van der Waals surface area contributed by atoms with Gasteiger partial charge in [0.2, 0.25) is 0 Å². The van der Waals surface area contributed by atoms with E-state index in [2.05, 4.69) is 58.2 Å². The molecule has 1 aromatic carbocycles. The Morgan fingerprint density at radius 2 is 1.98 bits per heavy atom. The van der Waals surface area contributed by atoms with Crippen molar-refractivity contribution >= 4 is 28.5 Å². The summed E-state index contributed by atoms with van der Waals surface area (Å²) in [7, 11) is 0. The van der Waals surface area contributed by atoms with Gasteiger partial charge < -0.3 is 19.9 Å². The molecule has 0 saturated carbocycles. The SMILES string of the molecule is CC1c2cc(N[C@@H]3C[C@H]4CN(c5ccc(C#N)c6ncccc56)C[C@@H](C)N4C3)ncc2CCN1C(=O)OC(C)(C)C. The molecule has 6 rings (SSSR count). The van der Waals surface area contributed by atoms with Crippen LogP contribution in [0.1, 0.15) is 63.8 Å². The number of ether oxygens (including phenoxy) is 1. The second-order valence-corrected chi connectivity index (χ2v) is 12.7. The summed E-state index contributed by atoms with van der Waals surface area (Å²) in [6.45, 7) is 13.5. The highest BCUT2D eigenvalue weighted by Crippen LogP contribution is 2.35. The van der Waals surface area contributed by atoms with Crippen LogP contribution in [0.5, 0.6) is 0 Å². The zero-order chi connectivity index (χ0) is 28.9. The highest BCUT2D eigenvalue weighted by Gasteiger charge is 2.40. The quantitative estimate of drug-likeness (QED) is 0.477. The lowest BCUT2D eigenvalue weighted by Crippen LogP contribution is -2.55. The van der Waals surface area contributed by atoms with Gasteiger partial charge in [-0.2, -0.15) is 5.26 Å². The lowest BCUT2D eigenvalue weighted by molar-refractivity contribution is 0.0159. The summed E-state index contributed by atoms with van der Waals surface area (Å²) in [4.78, 5) is 29.0. The maximum absolute atomic E-state index is 12.9. The van der Waals surface area contributed by atoms with Crippen LogP contribution < -0.4 is 10.2 Å². The molecule has 41 heavy (non-hydrogen) atoms. The summed E-state index contributed by atoms with van der Waals surface area (Å²) < 4.78 is 5.67. The molecule has 0 aliphatic carbocycles. The molecule has 3 aliphatic rings. The second kappa shape index (κ2) is 10.5. The van der Waals surface area contributed by atoms with Gasteiger partial charge in [0, 0.05) is 67.8 Å². The molecule has 0 bridgehead atoms. The normalized spacial score (nSPS) is 24.5. The predicted molar refractivity (Wildman–Crippen MR) is 160 cm³/mol. The standard InChI is InChI=1S/C32H39N7O2/c1-20-17-37(28-9-8-22(15-33)30-26(28)7-6-11-34-30)19-25-13-24(18-39(20)25)36-29-14-27-21(2)38(12-10-23(27)16-35-29)31(40)41-32(3,4)5/h6-9,11,14,16,20-21,24-25H,10,12-13,17-19H2,1-5H3,(H,35,36)/t20-,21?,24-,25+/m1/s1. The molecule has 1 unspecified atom stereocenters. The summed E-state index contributed by atoms with van der Waals surface area (Å²) >= 11 is 0. The Kier molecular flexibility index (Phi) is 6.98. The monoisotopic (exact) mass is 553 g/mol. The van der Waals surface area contributed by atoms with Gasteiger partial charge in [-0.1, -0.05) is 0 Å². The van der Waals surface area contributed by atoms with Crippen molar-refractivity contribution in [3.63, 3.8) is 0 Å². The lowest BCUT2D eigenvalue weighted by Gasteiger charge is -2.43. The van der Waals surface area contributed by atoms with E-state index in [1.54, 1.807) is 6.20 Å². The number of carbonyl (C=O) groups is 1. The van der Waals surface area contributed by atoms with Crippen molar-refractivity contribution in [3.05, 3.63) is 59.4 Å². The number of aromatic nitrogens is 2.